The Morgan fingerprint density at radius 2 is 1.37 bits per heavy atom. The Morgan fingerprint density at radius 1 is 0.867 bits per heavy atom. The van der Waals surface area contributed by atoms with Gasteiger partial charge in [0.15, 0.2) is 5.96 Å². The minimum Gasteiger partial charge on any atom is -0.480 e. The number of carboxylic acids is 1. The summed E-state index contributed by atoms with van der Waals surface area (Å²) in [5, 5.41) is 14.2. The maximum atomic E-state index is 11.9. The predicted octanol–water partition coefficient (Wildman–Crippen LogP) is 2.76. The van der Waals surface area contributed by atoms with Crippen molar-refractivity contribution in [1.29, 1.82) is 0 Å². The Morgan fingerprint density at radius 3 is 1.83 bits per heavy atom. The van der Waals surface area contributed by atoms with Crippen LogP contribution in [-0.2, 0) is 4.79 Å². The number of amides is 1. The summed E-state index contributed by atoms with van der Waals surface area (Å²) in [6, 6.07) is 24.2. The fourth-order valence-electron chi connectivity index (χ4n) is 2.72. The highest BCUT2D eigenvalue weighted by Crippen LogP contribution is 2.11. The fourth-order valence-corrected chi connectivity index (χ4v) is 2.72. The van der Waals surface area contributed by atoms with E-state index < -0.39 is 17.9 Å². The molecule has 0 aliphatic rings. The van der Waals surface area contributed by atoms with Crippen LogP contribution in [0.2, 0.25) is 0 Å². The monoisotopic (exact) mass is 406 g/mol. The number of hydrogen-bond acceptors (Lipinski definition) is 3. The predicted molar refractivity (Wildman–Crippen MR) is 119 cm³/mol. The number of carbonyl (C=O) groups is 2. The Kier molecular flexibility index (Phi) is 8.86. The van der Waals surface area contributed by atoms with E-state index in [4.69, 9.17) is 16.6 Å². The third kappa shape index (κ3) is 7.63. The normalized spacial score (nSPS) is 10.9. The van der Waals surface area contributed by atoms with Crippen LogP contribution in [0, 0.1) is 0 Å². The second kappa shape index (κ2) is 11.9. The molecule has 0 saturated carbocycles. The van der Waals surface area contributed by atoms with E-state index in [1.807, 2.05) is 0 Å². The molecular formula is C23H26N4O3. The zero-order valence-corrected chi connectivity index (χ0v) is 16.6. The molecule has 3 aromatic rings. The quantitative estimate of drug-likeness (QED) is 0.272. The standard InChI is InChI=1S/C13H18N4O3.C10H8/c14-13(15)16-8-4-7-10(12(19)20)17-11(18)9-5-2-1-3-6-9;1-2-6-10-8-4-3-7-9(10)5-1/h1-3,5-6,10H,4,7-8H2,(H,17,18)(H,19,20)(H4,14,15,16);1-8H. The van der Waals surface area contributed by atoms with Gasteiger partial charge >= 0.3 is 5.97 Å². The molecule has 6 N–H and O–H groups in total. The van der Waals surface area contributed by atoms with Crippen LogP contribution in [0.4, 0.5) is 0 Å². The minimum atomic E-state index is -1.08. The average Bonchev–Trinajstić information content (AvgIpc) is 2.76. The summed E-state index contributed by atoms with van der Waals surface area (Å²) in [6.07, 6.45) is 0.717. The van der Waals surface area contributed by atoms with Crippen molar-refractivity contribution in [2.75, 3.05) is 6.54 Å². The number of carbonyl (C=O) groups excluding carboxylic acids is 1. The molecule has 0 heterocycles. The molecule has 7 nitrogen and oxygen atoms in total. The Balaban J connectivity index is 0.000000263. The molecule has 0 saturated heterocycles. The van der Waals surface area contributed by atoms with Crippen molar-refractivity contribution in [1.82, 2.24) is 5.32 Å². The van der Waals surface area contributed by atoms with Crippen molar-refractivity contribution < 1.29 is 14.7 Å². The lowest BCUT2D eigenvalue weighted by molar-refractivity contribution is -0.139. The first-order valence-corrected chi connectivity index (χ1v) is 9.55. The molecule has 0 bridgehead atoms. The van der Waals surface area contributed by atoms with Crippen LogP contribution in [0.3, 0.4) is 0 Å². The lowest BCUT2D eigenvalue weighted by atomic mass is 10.1. The van der Waals surface area contributed by atoms with Crippen LogP contribution in [0.25, 0.3) is 10.8 Å². The summed E-state index contributed by atoms with van der Waals surface area (Å²) >= 11 is 0. The van der Waals surface area contributed by atoms with Crippen molar-refractivity contribution in [2.45, 2.75) is 18.9 Å². The van der Waals surface area contributed by atoms with Gasteiger partial charge in [0, 0.05) is 12.1 Å². The number of nitrogens with two attached hydrogens (primary N) is 2. The van der Waals surface area contributed by atoms with E-state index in [0.29, 0.717) is 18.5 Å². The fraction of sp³-hybridized carbons (Fsp3) is 0.174. The van der Waals surface area contributed by atoms with Crippen LogP contribution >= 0.6 is 0 Å². The molecule has 156 valence electrons. The van der Waals surface area contributed by atoms with Gasteiger partial charge in [-0.3, -0.25) is 9.79 Å². The molecule has 0 aliphatic carbocycles. The van der Waals surface area contributed by atoms with Gasteiger partial charge in [0.25, 0.3) is 5.91 Å². The zero-order chi connectivity index (χ0) is 21.8. The topological polar surface area (TPSA) is 131 Å². The number of carboxylic acid groups (broad SMARTS) is 1. The first kappa shape index (κ1) is 22.4. The molecule has 0 fully saturated rings. The van der Waals surface area contributed by atoms with E-state index in [1.165, 1.54) is 10.8 Å². The van der Waals surface area contributed by atoms with Crippen LogP contribution in [-0.4, -0.2) is 35.5 Å². The van der Waals surface area contributed by atoms with E-state index in [0.717, 1.165) is 0 Å². The summed E-state index contributed by atoms with van der Waals surface area (Å²) in [4.78, 5) is 26.7. The van der Waals surface area contributed by atoms with Gasteiger partial charge in [-0.2, -0.15) is 0 Å². The van der Waals surface area contributed by atoms with Gasteiger partial charge in [-0.1, -0.05) is 66.7 Å². The third-order valence-electron chi connectivity index (χ3n) is 4.24. The number of benzene rings is 3. The smallest absolute Gasteiger partial charge is 0.326 e. The SMILES string of the molecule is NC(N)=NCCCC(NC(=O)c1ccccc1)C(=O)O.c1ccc2ccccc2c1. The van der Waals surface area contributed by atoms with Crippen molar-refractivity contribution in [3.05, 3.63) is 84.4 Å². The lowest BCUT2D eigenvalue weighted by Gasteiger charge is -2.14. The summed E-state index contributed by atoms with van der Waals surface area (Å²) < 4.78 is 0. The number of aliphatic carboxylic acids is 1. The van der Waals surface area contributed by atoms with Crippen LogP contribution in [0.5, 0.6) is 0 Å². The molecule has 3 aromatic carbocycles. The number of nitrogens with one attached hydrogen (secondary N) is 1. The Bertz CT molecular complexity index is 920. The highest BCUT2D eigenvalue weighted by molar-refractivity contribution is 5.96. The van der Waals surface area contributed by atoms with Gasteiger partial charge in [-0.15, -0.1) is 0 Å². The summed E-state index contributed by atoms with van der Waals surface area (Å²) in [7, 11) is 0. The van der Waals surface area contributed by atoms with Crippen LogP contribution in [0.1, 0.15) is 23.2 Å². The molecular weight excluding hydrogens is 380 g/mol. The molecule has 0 spiro atoms. The third-order valence-corrected chi connectivity index (χ3v) is 4.24. The van der Waals surface area contributed by atoms with E-state index in [2.05, 4.69) is 58.8 Å². The highest BCUT2D eigenvalue weighted by atomic mass is 16.4. The van der Waals surface area contributed by atoms with E-state index in [-0.39, 0.29) is 12.4 Å². The molecule has 1 amide bonds. The number of nitrogens with zero attached hydrogens (tertiary/aromatic N) is 1. The number of aliphatic imine (C=N–C) groups is 1. The number of hydrogen-bond donors (Lipinski definition) is 4. The van der Waals surface area contributed by atoms with Crippen molar-refractivity contribution in [3.8, 4) is 0 Å². The summed E-state index contributed by atoms with van der Waals surface area (Å²) in [5.74, 6) is -1.54. The molecule has 0 aliphatic heterocycles. The van der Waals surface area contributed by atoms with Gasteiger partial charge in [0.2, 0.25) is 0 Å². The van der Waals surface area contributed by atoms with Crippen molar-refractivity contribution in [2.24, 2.45) is 16.5 Å². The maximum Gasteiger partial charge on any atom is 0.326 e. The van der Waals surface area contributed by atoms with E-state index >= 15 is 0 Å². The molecule has 1 unspecified atom stereocenters. The number of guanidine groups is 1. The van der Waals surface area contributed by atoms with Crippen LogP contribution in [0.15, 0.2) is 83.9 Å². The van der Waals surface area contributed by atoms with Crippen LogP contribution < -0.4 is 16.8 Å². The van der Waals surface area contributed by atoms with Gasteiger partial charge in [-0.05, 0) is 35.7 Å². The molecule has 3 rings (SSSR count). The van der Waals surface area contributed by atoms with E-state index in [9.17, 15) is 9.59 Å². The summed E-state index contributed by atoms with van der Waals surface area (Å²) in [5.41, 5.74) is 10.8. The Hall–Kier alpha value is -3.87. The molecule has 1 atom stereocenters. The first-order valence-electron chi connectivity index (χ1n) is 9.55. The van der Waals surface area contributed by atoms with Gasteiger partial charge < -0.3 is 21.9 Å². The van der Waals surface area contributed by atoms with Gasteiger partial charge in [-0.25, -0.2) is 4.79 Å². The highest BCUT2D eigenvalue weighted by Gasteiger charge is 2.19. The summed E-state index contributed by atoms with van der Waals surface area (Å²) in [6.45, 7) is 0.327. The first-order chi connectivity index (χ1) is 14.5. The number of rotatable bonds is 7. The van der Waals surface area contributed by atoms with E-state index in [1.54, 1.807) is 30.3 Å². The van der Waals surface area contributed by atoms with Crippen molar-refractivity contribution in [3.63, 3.8) is 0 Å². The minimum absolute atomic E-state index is 0.0369. The van der Waals surface area contributed by atoms with Crippen molar-refractivity contribution >= 4 is 28.6 Å². The van der Waals surface area contributed by atoms with Gasteiger partial charge in [0.1, 0.15) is 6.04 Å². The molecule has 7 heteroatoms. The lowest BCUT2D eigenvalue weighted by Crippen LogP contribution is -2.40. The number of fused-ring (bicyclic) bond motifs is 1. The second-order valence-electron chi connectivity index (χ2n) is 6.53. The maximum absolute atomic E-state index is 11.9. The zero-order valence-electron chi connectivity index (χ0n) is 16.6. The molecule has 30 heavy (non-hydrogen) atoms. The largest absolute Gasteiger partial charge is 0.480 e. The molecule has 0 radical (unpaired) electrons. The van der Waals surface area contributed by atoms with Gasteiger partial charge in [0.05, 0.1) is 0 Å². The Labute approximate surface area is 175 Å². The average molecular weight is 406 g/mol. The molecule has 0 aromatic heterocycles. The second-order valence-corrected chi connectivity index (χ2v) is 6.53.